The van der Waals surface area contributed by atoms with Crippen LogP contribution in [0.4, 0.5) is 0 Å². The van der Waals surface area contributed by atoms with E-state index in [1.54, 1.807) is 0 Å². The van der Waals surface area contributed by atoms with Crippen LogP contribution in [-0.2, 0) is 65.4 Å². The van der Waals surface area contributed by atoms with Crippen LogP contribution in [0, 0.1) is 0 Å². The van der Waals surface area contributed by atoms with Gasteiger partial charge in [-0.3, -0.25) is 37.3 Å². The summed E-state index contributed by atoms with van der Waals surface area (Å²) in [4.78, 5) is 73.0. The second-order valence-corrected chi connectivity index (χ2v) is 29.9. The van der Waals surface area contributed by atoms with Crippen LogP contribution in [0.5, 0.6) is 0 Å². The largest absolute Gasteiger partial charge is 0.472 e. The summed E-state index contributed by atoms with van der Waals surface area (Å²) < 4.78 is 68.6. The number of unbranched alkanes of at least 4 members (excludes halogenated alkanes) is 35. The van der Waals surface area contributed by atoms with Crippen LogP contribution in [0.1, 0.15) is 349 Å². The molecule has 2 unspecified atom stereocenters. The predicted octanol–water partition coefficient (Wildman–Crippen LogP) is 23.6. The van der Waals surface area contributed by atoms with Crippen LogP contribution in [0.15, 0.2) is 97.2 Å². The van der Waals surface area contributed by atoms with E-state index in [1.807, 2.05) is 12.2 Å². The first-order valence-corrected chi connectivity index (χ1v) is 43.5. The molecular weight excluding hydrogens is 1330 g/mol. The third-order valence-corrected chi connectivity index (χ3v) is 18.9. The topological polar surface area (TPSA) is 237 Å². The van der Waals surface area contributed by atoms with Crippen molar-refractivity contribution in [1.82, 2.24) is 0 Å². The number of aliphatic hydroxyl groups excluding tert-OH is 1. The highest BCUT2D eigenvalue weighted by Crippen LogP contribution is 2.45. The summed E-state index contributed by atoms with van der Waals surface area (Å²) >= 11 is 0. The standard InChI is InChI=1S/C83H146O17P2/c1-5-9-13-17-21-25-29-33-37-38-42-44-48-52-56-60-64-68-81(86)94-74-79(100-83(88)70-66-62-58-54-50-46-41-36-32-28-24-20-16-12-8-4)76-98-102(91,92)96-72-77(84)71-95-101(89,90)97-75-78(99-82(87)69-65-61-57-53-49-45-40-35-31-27-23-19-15-11-7-3)73-93-80(85)67-63-59-55-51-47-43-39-34-30-26-22-18-14-10-6-2/h21,25,27,31,33-37,39-42,44,52,56,77-79,84H,5-20,22-24,26,28-30,32,38,43,45-51,53-55,57-76H2,1-4H3,(H,89,90)(H,91,92)/b25-21-,31-27-,37-33-,39-34-,40-35-,41-36-,44-42-,56-52-/t77-,78-,79-/m1/s1. The van der Waals surface area contributed by atoms with E-state index in [-0.39, 0.29) is 25.7 Å². The zero-order valence-corrected chi connectivity index (χ0v) is 66.3. The molecule has 0 saturated carbocycles. The first-order valence-electron chi connectivity index (χ1n) is 40.5. The number of esters is 4. The molecule has 0 aliphatic heterocycles. The lowest BCUT2D eigenvalue weighted by Gasteiger charge is -2.21. The summed E-state index contributed by atoms with van der Waals surface area (Å²) in [5, 5.41) is 10.6. The van der Waals surface area contributed by atoms with Crippen molar-refractivity contribution in [3.05, 3.63) is 97.2 Å². The number of hydrogen-bond donors (Lipinski definition) is 3. The lowest BCUT2D eigenvalue weighted by atomic mass is 10.1. The SMILES string of the molecule is CCCCC/C=C\C/C=C\C/C=C\C/C=C\CCCC(=O)OC[C@H](COP(=O)(O)OC[C@H](O)COP(=O)(O)OC[C@@H](COC(=O)CCCCCCC/C=C\CCCCCCCC)OC(=O)CCCCCCC/C=C\C=C/CCCCCC)OC(=O)CCCCCCC/C=C\CCCCCCCC. The van der Waals surface area contributed by atoms with Gasteiger partial charge >= 0.3 is 39.5 Å². The van der Waals surface area contributed by atoms with Crippen LogP contribution in [-0.4, -0.2) is 96.7 Å². The summed E-state index contributed by atoms with van der Waals surface area (Å²) in [6, 6.07) is 0. The smallest absolute Gasteiger partial charge is 0.462 e. The molecule has 590 valence electrons. The molecule has 0 aromatic carbocycles. The first kappa shape index (κ1) is 98.0. The Bertz CT molecular complexity index is 2310. The maximum atomic E-state index is 13.1. The van der Waals surface area contributed by atoms with Crippen molar-refractivity contribution in [3.8, 4) is 0 Å². The number of aliphatic hydroxyl groups is 1. The monoisotopic (exact) mass is 1480 g/mol. The number of phosphoric ester groups is 2. The Kier molecular flexibility index (Phi) is 72.3. The molecule has 0 aromatic heterocycles. The molecule has 5 atom stereocenters. The average molecular weight is 1480 g/mol. The number of phosphoric acid groups is 2. The molecule has 0 amide bonds. The molecule has 0 radical (unpaired) electrons. The van der Waals surface area contributed by atoms with Crippen LogP contribution >= 0.6 is 15.6 Å². The van der Waals surface area contributed by atoms with Crippen LogP contribution in [0.3, 0.4) is 0 Å². The molecule has 0 fully saturated rings. The van der Waals surface area contributed by atoms with E-state index >= 15 is 0 Å². The molecule has 0 saturated heterocycles. The highest BCUT2D eigenvalue weighted by molar-refractivity contribution is 7.47. The minimum Gasteiger partial charge on any atom is -0.462 e. The zero-order chi connectivity index (χ0) is 74.6. The second kappa shape index (κ2) is 75.2. The van der Waals surface area contributed by atoms with Crippen molar-refractivity contribution in [2.45, 2.75) is 367 Å². The van der Waals surface area contributed by atoms with Crippen molar-refractivity contribution in [2.24, 2.45) is 0 Å². The van der Waals surface area contributed by atoms with Gasteiger partial charge in [0.05, 0.1) is 26.4 Å². The number of carbonyl (C=O) groups excluding carboxylic acids is 4. The molecule has 0 spiro atoms. The Labute approximate surface area is 620 Å². The van der Waals surface area contributed by atoms with E-state index in [1.165, 1.54) is 122 Å². The summed E-state index contributed by atoms with van der Waals surface area (Å²) in [5.74, 6) is -2.26. The number of rotatable bonds is 76. The molecule has 17 nitrogen and oxygen atoms in total. The quantitative estimate of drug-likeness (QED) is 0.0128. The highest BCUT2D eigenvalue weighted by Gasteiger charge is 2.30. The summed E-state index contributed by atoms with van der Waals surface area (Å²) in [6.07, 6.45) is 79.6. The predicted molar refractivity (Wildman–Crippen MR) is 418 cm³/mol. The maximum absolute atomic E-state index is 13.1. The van der Waals surface area contributed by atoms with Gasteiger partial charge in [0.25, 0.3) is 0 Å². The van der Waals surface area contributed by atoms with Gasteiger partial charge in [0, 0.05) is 25.7 Å². The molecule has 19 heteroatoms. The van der Waals surface area contributed by atoms with E-state index in [9.17, 15) is 43.2 Å². The van der Waals surface area contributed by atoms with Crippen molar-refractivity contribution in [3.63, 3.8) is 0 Å². The fourth-order valence-corrected chi connectivity index (χ4v) is 12.4. The van der Waals surface area contributed by atoms with Crippen molar-refractivity contribution in [1.29, 1.82) is 0 Å². The maximum Gasteiger partial charge on any atom is 0.472 e. The number of allylic oxidation sites excluding steroid dienone is 16. The Morgan fingerprint density at radius 2 is 0.520 bits per heavy atom. The lowest BCUT2D eigenvalue weighted by molar-refractivity contribution is -0.161. The van der Waals surface area contributed by atoms with E-state index < -0.39 is 97.5 Å². The van der Waals surface area contributed by atoms with Gasteiger partial charge < -0.3 is 33.8 Å². The minimum atomic E-state index is -4.99. The van der Waals surface area contributed by atoms with Crippen molar-refractivity contribution in [2.75, 3.05) is 39.6 Å². The Balaban J connectivity index is 5.42. The van der Waals surface area contributed by atoms with Gasteiger partial charge in [0.1, 0.15) is 19.3 Å². The summed E-state index contributed by atoms with van der Waals surface area (Å²) in [7, 11) is -9.98. The van der Waals surface area contributed by atoms with E-state index in [4.69, 9.17) is 37.0 Å². The van der Waals surface area contributed by atoms with Gasteiger partial charge in [0.15, 0.2) is 12.2 Å². The number of ether oxygens (including phenoxy) is 4. The van der Waals surface area contributed by atoms with Gasteiger partial charge in [-0.15, -0.1) is 0 Å². The number of hydrogen-bond acceptors (Lipinski definition) is 15. The first-order chi connectivity index (χ1) is 49.7. The van der Waals surface area contributed by atoms with E-state index in [2.05, 4.69) is 113 Å². The molecule has 102 heavy (non-hydrogen) atoms. The van der Waals surface area contributed by atoms with E-state index in [0.717, 1.165) is 141 Å². The molecule has 0 aliphatic rings. The normalized spacial score (nSPS) is 14.4. The van der Waals surface area contributed by atoms with E-state index in [0.29, 0.717) is 32.1 Å². The second-order valence-electron chi connectivity index (χ2n) is 27.0. The molecule has 0 aromatic rings. The Hall–Kier alpha value is -4.02. The van der Waals surface area contributed by atoms with Crippen molar-refractivity contribution < 1.29 is 80.2 Å². The highest BCUT2D eigenvalue weighted by atomic mass is 31.2. The third-order valence-electron chi connectivity index (χ3n) is 17.0. The summed E-state index contributed by atoms with van der Waals surface area (Å²) in [5.41, 5.74) is 0. The van der Waals surface area contributed by atoms with Crippen LogP contribution in [0.2, 0.25) is 0 Å². The zero-order valence-electron chi connectivity index (χ0n) is 64.5. The number of carbonyl (C=O) groups is 4. The van der Waals surface area contributed by atoms with Gasteiger partial charge in [0.2, 0.25) is 0 Å². The molecular formula is C83H146O17P2. The molecule has 0 heterocycles. The molecule has 3 N–H and O–H groups in total. The van der Waals surface area contributed by atoms with Crippen LogP contribution < -0.4 is 0 Å². The third kappa shape index (κ3) is 74.3. The lowest BCUT2D eigenvalue weighted by Crippen LogP contribution is -2.30. The summed E-state index contributed by atoms with van der Waals surface area (Å²) in [6.45, 7) is 4.76. The fourth-order valence-electron chi connectivity index (χ4n) is 10.8. The molecule has 0 aliphatic carbocycles. The van der Waals surface area contributed by atoms with Gasteiger partial charge in [-0.25, -0.2) is 9.13 Å². The fraction of sp³-hybridized carbons (Fsp3) is 0.759. The van der Waals surface area contributed by atoms with Gasteiger partial charge in [-0.05, 0) is 141 Å². The molecule has 0 rings (SSSR count). The minimum absolute atomic E-state index is 0.0734. The molecule has 0 bridgehead atoms. The van der Waals surface area contributed by atoms with Gasteiger partial charge in [-0.2, -0.15) is 0 Å². The Morgan fingerprint density at radius 1 is 0.284 bits per heavy atom. The van der Waals surface area contributed by atoms with Crippen molar-refractivity contribution >= 4 is 39.5 Å². The van der Waals surface area contributed by atoms with Gasteiger partial charge in [-0.1, -0.05) is 279 Å². The average Bonchev–Trinajstić information content (AvgIpc) is 0.923. The Morgan fingerprint density at radius 3 is 0.873 bits per heavy atom. The van der Waals surface area contributed by atoms with Crippen LogP contribution in [0.25, 0.3) is 0 Å².